The molecule has 30 heavy (non-hydrogen) atoms. The van der Waals surface area contributed by atoms with Gasteiger partial charge in [0.1, 0.15) is 29.5 Å². The van der Waals surface area contributed by atoms with Crippen molar-refractivity contribution in [2.45, 2.75) is 19.2 Å². The van der Waals surface area contributed by atoms with Crippen molar-refractivity contribution in [1.82, 2.24) is 20.1 Å². The molecule has 0 amide bonds. The second-order valence-corrected chi connectivity index (χ2v) is 7.78. The molecule has 2 heterocycles. The van der Waals surface area contributed by atoms with Crippen LogP contribution >= 0.6 is 0 Å². The third kappa shape index (κ3) is 5.76. The van der Waals surface area contributed by atoms with Gasteiger partial charge in [0.25, 0.3) is 0 Å². The zero-order chi connectivity index (χ0) is 20.8. The minimum absolute atomic E-state index is 0.280. The van der Waals surface area contributed by atoms with Crippen LogP contribution in [-0.2, 0) is 17.8 Å². The van der Waals surface area contributed by atoms with Crippen LogP contribution in [0.2, 0.25) is 0 Å². The second-order valence-electron chi connectivity index (χ2n) is 7.78. The van der Waals surface area contributed by atoms with Gasteiger partial charge in [0.05, 0.1) is 13.2 Å². The molecule has 0 bridgehead atoms. The third-order valence-corrected chi connectivity index (χ3v) is 5.14. The summed E-state index contributed by atoms with van der Waals surface area (Å²) >= 11 is 0. The Hall–Kier alpha value is -2.52. The largest absolute Gasteiger partial charge is 0.491 e. The number of fused-ring (bicyclic) bond motifs is 1. The van der Waals surface area contributed by atoms with Gasteiger partial charge >= 0.3 is 0 Å². The molecule has 2 aromatic carbocycles. The highest BCUT2D eigenvalue weighted by Crippen LogP contribution is 2.17. The first-order valence-electron chi connectivity index (χ1n) is 10.3. The molecule has 0 spiro atoms. The van der Waals surface area contributed by atoms with Crippen molar-refractivity contribution in [2.24, 2.45) is 0 Å². The van der Waals surface area contributed by atoms with E-state index < -0.39 is 6.10 Å². The van der Waals surface area contributed by atoms with E-state index in [-0.39, 0.29) is 6.61 Å². The molecular formula is C22H28N4O4. The van der Waals surface area contributed by atoms with Crippen molar-refractivity contribution in [3.8, 4) is 5.75 Å². The molecule has 160 valence electrons. The summed E-state index contributed by atoms with van der Waals surface area (Å²) in [7, 11) is 2.07. The summed E-state index contributed by atoms with van der Waals surface area (Å²) in [6, 6.07) is 14.0. The topological polar surface area (TPSA) is 84.1 Å². The summed E-state index contributed by atoms with van der Waals surface area (Å²) in [5.74, 6) is 0.775. The van der Waals surface area contributed by atoms with Crippen molar-refractivity contribution in [1.29, 1.82) is 0 Å². The van der Waals surface area contributed by atoms with Gasteiger partial charge in [-0.15, -0.1) is 0 Å². The molecule has 1 fully saturated rings. The summed E-state index contributed by atoms with van der Waals surface area (Å²) in [4.78, 5) is 4.43. The van der Waals surface area contributed by atoms with E-state index in [2.05, 4.69) is 33.2 Å². The van der Waals surface area contributed by atoms with Gasteiger partial charge in [0, 0.05) is 32.7 Å². The van der Waals surface area contributed by atoms with Gasteiger partial charge in [-0.1, -0.05) is 18.2 Å². The molecule has 4 rings (SSSR count). The van der Waals surface area contributed by atoms with Crippen LogP contribution in [0.25, 0.3) is 11.0 Å². The molecule has 1 aliphatic rings. The summed E-state index contributed by atoms with van der Waals surface area (Å²) < 4.78 is 15.9. The van der Waals surface area contributed by atoms with E-state index in [0.29, 0.717) is 6.54 Å². The lowest BCUT2D eigenvalue weighted by Crippen LogP contribution is -2.42. The van der Waals surface area contributed by atoms with Crippen LogP contribution in [0.1, 0.15) is 11.1 Å². The van der Waals surface area contributed by atoms with Crippen molar-refractivity contribution < 1.29 is 19.2 Å². The molecule has 1 aromatic heterocycles. The zero-order valence-corrected chi connectivity index (χ0v) is 17.2. The van der Waals surface area contributed by atoms with Gasteiger partial charge in [-0.3, -0.25) is 9.80 Å². The van der Waals surface area contributed by atoms with Gasteiger partial charge in [0.2, 0.25) is 0 Å². The Bertz CT molecular complexity index is 942. The van der Waals surface area contributed by atoms with E-state index in [1.807, 2.05) is 36.4 Å². The Morgan fingerprint density at radius 1 is 1.07 bits per heavy atom. The maximum absolute atomic E-state index is 10.3. The number of aliphatic hydroxyl groups is 1. The number of benzene rings is 2. The van der Waals surface area contributed by atoms with Gasteiger partial charge in [-0.2, -0.15) is 0 Å². The van der Waals surface area contributed by atoms with Crippen LogP contribution in [0.15, 0.2) is 47.1 Å². The van der Waals surface area contributed by atoms with Gasteiger partial charge < -0.3 is 14.6 Å². The van der Waals surface area contributed by atoms with E-state index in [1.165, 1.54) is 0 Å². The molecule has 8 nitrogen and oxygen atoms in total. The number of morpholine rings is 1. The number of aliphatic hydroxyl groups excluding tert-OH is 1. The summed E-state index contributed by atoms with van der Waals surface area (Å²) in [6.45, 7) is 5.63. The summed E-state index contributed by atoms with van der Waals surface area (Å²) in [5.41, 5.74) is 3.84. The Labute approximate surface area is 175 Å². The summed E-state index contributed by atoms with van der Waals surface area (Å²) in [5, 5.41) is 18.0. The maximum Gasteiger partial charge on any atom is 0.135 e. The number of aromatic nitrogens is 2. The highest BCUT2D eigenvalue weighted by Gasteiger charge is 2.15. The van der Waals surface area contributed by atoms with E-state index in [9.17, 15) is 5.11 Å². The fraction of sp³-hybridized carbons (Fsp3) is 0.455. The molecule has 0 aliphatic carbocycles. The lowest BCUT2D eigenvalue weighted by atomic mass is 10.1. The number of rotatable bonds is 9. The number of nitrogens with zero attached hydrogens (tertiary/aromatic N) is 4. The lowest BCUT2D eigenvalue weighted by Gasteiger charge is -2.28. The molecule has 1 atom stereocenters. The first kappa shape index (κ1) is 20.7. The van der Waals surface area contributed by atoms with E-state index >= 15 is 0 Å². The quantitative estimate of drug-likeness (QED) is 0.571. The lowest BCUT2D eigenvalue weighted by molar-refractivity contribution is 0.00464. The van der Waals surface area contributed by atoms with Crippen LogP contribution in [0, 0.1) is 0 Å². The second kappa shape index (κ2) is 9.99. The van der Waals surface area contributed by atoms with Gasteiger partial charge in [0.15, 0.2) is 0 Å². The number of β-amino-alcohol motifs (C(OH)–C–C–N with tert-alkyl or cyclic N) is 1. The SMILES string of the molecule is CN(Cc1cccc(OCC(O)CN2CCOCC2)c1)Cc1ccc2nonc2c1. The molecular weight excluding hydrogens is 384 g/mol. The molecule has 3 aromatic rings. The Morgan fingerprint density at radius 2 is 1.83 bits per heavy atom. The molecule has 1 N–H and O–H groups in total. The molecule has 0 radical (unpaired) electrons. The van der Waals surface area contributed by atoms with Crippen LogP contribution in [0.3, 0.4) is 0 Å². The first-order chi connectivity index (χ1) is 14.7. The van der Waals surface area contributed by atoms with Crippen molar-refractivity contribution >= 4 is 11.0 Å². The predicted molar refractivity (Wildman–Crippen MR) is 112 cm³/mol. The van der Waals surface area contributed by atoms with Crippen molar-refractivity contribution in [3.63, 3.8) is 0 Å². The molecule has 1 aliphatic heterocycles. The monoisotopic (exact) mass is 412 g/mol. The molecule has 1 unspecified atom stereocenters. The Balaban J connectivity index is 1.26. The minimum Gasteiger partial charge on any atom is -0.491 e. The zero-order valence-electron chi connectivity index (χ0n) is 17.2. The van der Waals surface area contributed by atoms with Crippen LogP contribution in [0.4, 0.5) is 0 Å². The fourth-order valence-electron chi connectivity index (χ4n) is 3.67. The number of ether oxygens (including phenoxy) is 2. The third-order valence-electron chi connectivity index (χ3n) is 5.14. The molecule has 8 heteroatoms. The van der Waals surface area contributed by atoms with Gasteiger partial charge in [-0.05, 0) is 52.8 Å². The summed E-state index contributed by atoms with van der Waals surface area (Å²) in [6.07, 6.45) is -0.518. The van der Waals surface area contributed by atoms with Gasteiger partial charge in [-0.25, -0.2) is 4.63 Å². The minimum atomic E-state index is -0.518. The number of hydrogen-bond donors (Lipinski definition) is 1. The van der Waals surface area contributed by atoms with Crippen LogP contribution in [0.5, 0.6) is 5.75 Å². The van der Waals surface area contributed by atoms with Crippen molar-refractivity contribution in [3.05, 3.63) is 53.6 Å². The highest BCUT2D eigenvalue weighted by molar-refractivity contribution is 5.73. The average molecular weight is 412 g/mol. The van der Waals surface area contributed by atoms with E-state index in [4.69, 9.17) is 14.1 Å². The first-order valence-corrected chi connectivity index (χ1v) is 10.3. The van der Waals surface area contributed by atoms with E-state index in [1.54, 1.807) is 0 Å². The predicted octanol–water partition coefficient (Wildman–Crippen LogP) is 1.93. The maximum atomic E-state index is 10.3. The Morgan fingerprint density at radius 3 is 2.67 bits per heavy atom. The highest BCUT2D eigenvalue weighted by atomic mass is 16.6. The normalized spacial score (nSPS) is 16.2. The number of hydrogen-bond acceptors (Lipinski definition) is 8. The molecule has 0 saturated carbocycles. The molecule has 1 saturated heterocycles. The standard InChI is InChI=1S/C22H28N4O4/c1-25(14-18-5-6-21-22(12-18)24-30-23-21)13-17-3-2-4-20(11-17)29-16-19(27)15-26-7-9-28-10-8-26/h2-6,11-12,19,27H,7-10,13-16H2,1H3. The van der Waals surface area contributed by atoms with Crippen LogP contribution < -0.4 is 4.74 Å². The smallest absolute Gasteiger partial charge is 0.135 e. The van der Waals surface area contributed by atoms with Crippen molar-refractivity contribution in [2.75, 3.05) is 46.5 Å². The fourth-order valence-corrected chi connectivity index (χ4v) is 3.67. The average Bonchev–Trinajstić information content (AvgIpc) is 3.21. The van der Waals surface area contributed by atoms with E-state index in [0.717, 1.165) is 67.3 Å². The van der Waals surface area contributed by atoms with Crippen LogP contribution in [-0.4, -0.2) is 77.8 Å². The Kier molecular flexibility index (Phi) is 6.91.